The minimum atomic E-state index is -0.356. The maximum Gasteiger partial charge on any atom is 0.342 e. The number of rotatable bonds is 9. The lowest BCUT2D eigenvalue weighted by Crippen LogP contribution is -2.24. The number of carbonyl (C=O) groups excluding carboxylic acids is 2. The number of hydrogen-bond acceptors (Lipinski definition) is 6. The van der Waals surface area contributed by atoms with E-state index >= 15 is 0 Å². The Kier molecular flexibility index (Phi) is 9.51. The van der Waals surface area contributed by atoms with Crippen molar-refractivity contribution in [3.05, 3.63) is 82.6 Å². The average Bonchev–Trinajstić information content (AvgIpc) is 3.28. The third kappa shape index (κ3) is 6.18. The van der Waals surface area contributed by atoms with Gasteiger partial charge in [0.25, 0.3) is 0 Å². The van der Waals surface area contributed by atoms with Gasteiger partial charge in [0.2, 0.25) is 0 Å². The summed E-state index contributed by atoms with van der Waals surface area (Å²) >= 11 is 0. The Morgan fingerprint density at radius 2 is 1.76 bits per heavy atom. The van der Waals surface area contributed by atoms with Gasteiger partial charge in [-0.1, -0.05) is 68.4 Å². The number of furan rings is 1. The van der Waals surface area contributed by atoms with Crippen molar-refractivity contribution < 1.29 is 18.7 Å². The molecule has 1 aliphatic heterocycles. The van der Waals surface area contributed by atoms with Crippen molar-refractivity contribution in [3.8, 4) is 11.3 Å². The molecule has 220 valence electrons. The minimum absolute atomic E-state index is 0.0669. The molecule has 1 aromatic heterocycles. The molecule has 0 radical (unpaired) electrons. The summed E-state index contributed by atoms with van der Waals surface area (Å²) in [5, 5.41) is 0. The fraction of sp³-hybridized carbons (Fsp3) is 0.444. The first kappa shape index (κ1) is 29.7. The number of Topliss-reactive ketones (excluding diaryl/α,β-unsaturated/α-hetero) is 1. The second-order valence-corrected chi connectivity index (χ2v) is 11.8. The van der Waals surface area contributed by atoms with Crippen molar-refractivity contribution in [2.24, 2.45) is 21.8 Å². The monoisotopic (exact) mass is 566 g/mol. The van der Waals surface area contributed by atoms with Crippen LogP contribution in [0.15, 0.2) is 69.0 Å². The van der Waals surface area contributed by atoms with E-state index in [1.54, 1.807) is 12.4 Å². The molecule has 2 aromatic carbocycles. The number of esters is 1. The summed E-state index contributed by atoms with van der Waals surface area (Å²) in [4.78, 5) is 35.7. The zero-order valence-corrected chi connectivity index (χ0v) is 25.2. The fourth-order valence-electron chi connectivity index (χ4n) is 6.87. The van der Waals surface area contributed by atoms with Gasteiger partial charge in [-0.05, 0) is 56.4 Å². The molecule has 0 bridgehead atoms. The van der Waals surface area contributed by atoms with Crippen LogP contribution in [0.1, 0.15) is 102 Å². The number of ether oxygens (including phenoxy) is 1. The number of methoxy groups -OCH3 is 1. The van der Waals surface area contributed by atoms with Crippen LogP contribution in [-0.2, 0) is 11.2 Å². The Balaban J connectivity index is 1.36. The number of benzene rings is 2. The molecule has 0 spiro atoms. The summed E-state index contributed by atoms with van der Waals surface area (Å²) in [5.74, 6) is 2.54. The second-order valence-electron chi connectivity index (χ2n) is 11.8. The van der Waals surface area contributed by atoms with E-state index in [1.165, 1.54) is 7.11 Å². The predicted molar refractivity (Wildman–Crippen MR) is 168 cm³/mol. The van der Waals surface area contributed by atoms with Crippen LogP contribution in [0, 0.1) is 11.8 Å². The van der Waals surface area contributed by atoms with Gasteiger partial charge in [-0.3, -0.25) is 14.8 Å². The van der Waals surface area contributed by atoms with Gasteiger partial charge < -0.3 is 9.15 Å². The second kappa shape index (κ2) is 13.5. The number of hydrogen-bond donors (Lipinski definition) is 0. The van der Waals surface area contributed by atoms with E-state index in [4.69, 9.17) is 9.15 Å². The van der Waals surface area contributed by atoms with E-state index < -0.39 is 0 Å². The van der Waals surface area contributed by atoms with Crippen LogP contribution >= 0.6 is 0 Å². The smallest absolute Gasteiger partial charge is 0.342 e. The van der Waals surface area contributed by atoms with E-state index in [0.29, 0.717) is 42.5 Å². The molecule has 1 fully saturated rings. The van der Waals surface area contributed by atoms with Crippen LogP contribution in [-0.4, -0.2) is 43.9 Å². The fourth-order valence-corrected chi connectivity index (χ4v) is 6.87. The molecule has 6 nitrogen and oxygen atoms in total. The van der Waals surface area contributed by atoms with Crippen LogP contribution in [0.4, 0.5) is 0 Å². The molecular weight excluding hydrogens is 524 g/mol. The van der Waals surface area contributed by atoms with Crippen molar-refractivity contribution in [2.45, 2.75) is 77.2 Å². The summed E-state index contributed by atoms with van der Waals surface area (Å²) < 4.78 is 11.8. The Morgan fingerprint density at radius 3 is 2.52 bits per heavy atom. The largest absolute Gasteiger partial charge is 0.465 e. The van der Waals surface area contributed by atoms with E-state index in [-0.39, 0.29) is 29.6 Å². The topological polar surface area (TPSA) is 81.2 Å². The van der Waals surface area contributed by atoms with Crippen LogP contribution in [0.2, 0.25) is 0 Å². The van der Waals surface area contributed by atoms with Gasteiger partial charge in [0, 0.05) is 53.9 Å². The van der Waals surface area contributed by atoms with Gasteiger partial charge in [-0.15, -0.1) is 0 Å². The van der Waals surface area contributed by atoms with Crippen molar-refractivity contribution in [3.63, 3.8) is 0 Å². The summed E-state index contributed by atoms with van der Waals surface area (Å²) in [6.07, 6.45) is 8.55. The van der Waals surface area contributed by atoms with Crippen LogP contribution in [0.25, 0.3) is 11.3 Å². The first-order valence-corrected chi connectivity index (χ1v) is 15.4. The molecule has 2 heterocycles. The zero-order chi connectivity index (χ0) is 29.6. The van der Waals surface area contributed by atoms with Crippen molar-refractivity contribution >= 4 is 24.2 Å². The summed E-state index contributed by atoms with van der Waals surface area (Å²) in [5.41, 5.74) is 4.23. The van der Waals surface area contributed by atoms with Gasteiger partial charge in [-0.2, -0.15) is 0 Å². The lowest BCUT2D eigenvalue weighted by Gasteiger charge is -2.34. The minimum Gasteiger partial charge on any atom is -0.465 e. The number of nitrogens with zero attached hydrogens (tertiary/aromatic N) is 2. The van der Waals surface area contributed by atoms with Crippen molar-refractivity contribution in [2.75, 3.05) is 13.7 Å². The Bertz CT molecular complexity index is 1450. The number of aliphatic imine (C=N–C) groups is 2. The SMILES string of the molecule is CCc1c(C2CCC(C)C(CCC(=O)c3ccccc3C3CN=CC=NC3C)C2)oc(-c2ccccc2)c1C(=O)OC. The Hall–Kier alpha value is -3.80. The third-order valence-electron chi connectivity index (χ3n) is 9.33. The van der Waals surface area contributed by atoms with Crippen LogP contribution < -0.4 is 0 Å². The molecule has 0 amide bonds. The highest BCUT2D eigenvalue weighted by Crippen LogP contribution is 2.46. The highest BCUT2D eigenvalue weighted by atomic mass is 16.5. The molecule has 5 atom stereocenters. The standard InChI is InChI=1S/C36H42N2O4/c1-5-28-33(36(40)41-4)35(25-11-7-6-8-12-25)42-34(28)27-16-15-23(2)26(21-27)17-18-32(39)30-14-10-9-13-29(30)31-22-37-19-20-38-24(31)3/h6-14,19-20,23-24,26-27,31H,5,15-18,21-22H2,1-4H3. The maximum absolute atomic E-state index is 13.7. The molecule has 3 aromatic rings. The first-order valence-electron chi connectivity index (χ1n) is 15.4. The van der Waals surface area contributed by atoms with Gasteiger partial charge in [0.05, 0.1) is 13.2 Å². The summed E-state index contributed by atoms with van der Waals surface area (Å²) in [6, 6.07) is 17.9. The van der Waals surface area contributed by atoms with Gasteiger partial charge in [0.1, 0.15) is 17.1 Å². The summed E-state index contributed by atoms with van der Waals surface area (Å²) in [7, 11) is 1.42. The average molecular weight is 567 g/mol. The molecule has 5 rings (SSSR count). The van der Waals surface area contributed by atoms with E-state index in [2.05, 4.69) is 36.8 Å². The highest BCUT2D eigenvalue weighted by molar-refractivity contribution is 6.16. The predicted octanol–water partition coefficient (Wildman–Crippen LogP) is 8.11. The van der Waals surface area contributed by atoms with Gasteiger partial charge >= 0.3 is 5.97 Å². The molecule has 1 aliphatic carbocycles. The molecule has 42 heavy (non-hydrogen) atoms. The highest BCUT2D eigenvalue weighted by Gasteiger charge is 2.35. The van der Waals surface area contributed by atoms with Crippen LogP contribution in [0.5, 0.6) is 0 Å². The Morgan fingerprint density at radius 1 is 1.00 bits per heavy atom. The van der Waals surface area contributed by atoms with E-state index in [0.717, 1.165) is 53.7 Å². The molecule has 5 unspecified atom stereocenters. The molecule has 0 saturated heterocycles. The van der Waals surface area contributed by atoms with Gasteiger partial charge in [0.15, 0.2) is 5.78 Å². The van der Waals surface area contributed by atoms with E-state index in [9.17, 15) is 9.59 Å². The Labute approximate surface area is 249 Å². The lowest BCUT2D eigenvalue weighted by atomic mass is 9.71. The number of carbonyl (C=O) groups is 2. The first-order chi connectivity index (χ1) is 20.4. The quantitative estimate of drug-likeness (QED) is 0.194. The summed E-state index contributed by atoms with van der Waals surface area (Å²) in [6.45, 7) is 7.10. The molecular formula is C36H42N2O4. The van der Waals surface area contributed by atoms with E-state index in [1.807, 2.05) is 48.5 Å². The van der Waals surface area contributed by atoms with Crippen LogP contribution in [0.3, 0.4) is 0 Å². The number of ketones is 1. The molecule has 6 heteroatoms. The van der Waals surface area contributed by atoms with Crippen molar-refractivity contribution in [1.29, 1.82) is 0 Å². The molecule has 1 saturated carbocycles. The lowest BCUT2D eigenvalue weighted by molar-refractivity contribution is 0.0600. The maximum atomic E-state index is 13.7. The molecule has 2 aliphatic rings. The van der Waals surface area contributed by atoms with Crippen molar-refractivity contribution in [1.82, 2.24) is 0 Å². The third-order valence-corrected chi connectivity index (χ3v) is 9.33. The van der Waals surface area contributed by atoms with Gasteiger partial charge in [-0.25, -0.2) is 4.79 Å². The normalized spacial score (nSPS) is 23.9. The zero-order valence-electron chi connectivity index (χ0n) is 25.2. The molecule has 0 N–H and O–H groups in total.